The van der Waals surface area contributed by atoms with Crippen LogP contribution in [0.3, 0.4) is 0 Å². The molecular formula is C33H34F3N3O4. The van der Waals surface area contributed by atoms with Crippen molar-refractivity contribution >= 4 is 23.3 Å². The van der Waals surface area contributed by atoms with E-state index in [0.717, 1.165) is 62.4 Å². The average Bonchev–Trinajstić information content (AvgIpc) is 3.69. The number of Topliss-reactive ketones (excluding diaryl/α,β-unsaturated/α-hetero) is 1. The number of ketones is 1. The van der Waals surface area contributed by atoms with Crippen molar-refractivity contribution in [2.75, 3.05) is 37.6 Å². The molecule has 0 aliphatic carbocycles. The Labute approximate surface area is 248 Å². The molecule has 7 nitrogen and oxygen atoms in total. The second-order valence-corrected chi connectivity index (χ2v) is 11.2. The first-order valence-corrected chi connectivity index (χ1v) is 14.4. The number of rotatable bonds is 10. The van der Waals surface area contributed by atoms with Crippen molar-refractivity contribution in [1.82, 2.24) is 10.2 Å². The molecule has 1 unspecified atom stereocenters. The number of nitrogens with one attached hydrogen (secondary N) is 1. The van der Waals surface area contributed by atoms with Crippen LogP contribution in [0, 0.1) is 5.92 Å². The van der Waals surface area contributed by atoms with Gasteiger partial charge in [-0.1, -0.05) is 36.4 Å². The van der Waals surface area contributed by atoms with Crippen molar-refractivity contribution in [3.63, 3.8) is 0 Å². The molecule has 2 heterocycles. The lowest BCUT2D eigenvalue weighted by Gasteiger charge is -2.25. The third-order valence-corrected chi connectivity index (χ3v) is 8.09. The number of hydrogen-bond donors (Lipinski definition) is 1. The van der Waals surface area contributed by atoms with E-state index >= 15 is 0 Å². The lowest BCUT2D eigenvalue weighted by atomic mass is 10.0. The van der Waals surface area contributed by atoms with Gasteiger partial charge >= 0.3 is 12.1 Å². The Morgan fingerprint density at radius 1 is 0.860 bits per heavy atom. The van der Waals surface area contributed by atoms with Crippen LogP contribution < -0.4 is 10.2 Å². The maximum Gasteiger partial charge on any atom is 0.416 e. The highest BCUT2D eigenvalue weighted by molar-refractivity contribution is 5.97. The molecule has 0 bridgehead atoms. The summed E-state index contributed by atoms with van der Waals surface area (Å²) in [5.41, 5.74) is 1.46. The van der Waals surface area contributed by atoms with Gasteiger partial charge in [0.15, 0.2) is 5.78 Å². The van der Waals surface area contributed by atoms with Gasteiger partial charge in [-0.3, -0.25) is 14.5 Å². The predicted octanol–water partition coefficient (Wildman–Crippen LogP) is 5.35. The lowest BCUT2D eigenvalue weighted by Crippen LogP contribution is -2.36. The molecule has 2 aliphatic rings. The maximum absolute atomic E-state index is 12.9. The molecule has 5 rings (SSSR count). The lowest BCUT2D eigenvalue weighted by molar-refractivity contribution is -0.137. The first-order chi connectivity index (χ1) is 20.7. The Bertz CT molecular complexity index is 1430. The van der Waals surface area contributed by atoms with Crippen molar-refractivity contribution in [2.45, 2.75) is 38.1 Å². The van der Waals surface area contributed by atoms with Crippen molar-refractivity contribution in [3.8, 4) is 0 Å². The summed E-state index contributed by atoms with van der Waals surface area (Å²) in [6.07, 6.45) is -2.35. The number of alkyl halides is 3. The smallest absolute Gasteiger partial charge is 0.416 e. The standard InChI is InChI=1S/C33H34F3N3O4/c34-33(35,36)27-8-4-7-26(18-27)31(41)37-19-30(40)17-24-13-15-38(20-24)29-14-16-39(21-29)28-11-9-25(10-12-28)32(42)43-22-23-5-2-1-3-6-23/h1-12,18,24,29H,13-17,19-22H2,(H,37,41)/t24-,29?/m0/s1. The molecule has 2 aliphatic heterocycles. The van der Waals surface area contributed by atoms with E-state index in [-0.39, 0.29) is 36.4 Å². The highest BCUT2D eigenvalue weighted by Gasteiger charge is 2.34. The van der Waals surface area contributed by atoms with Gasteiger partial charge in [0, 0.05) is 43.3 Å². The first kappa shape index (κ1) is 30.3. The van der Waals surface area contributed by atoms with Gasteiger partial charge in [0.25, 0.3) is 5.91 Å². The van der Waals surface area contributed by atoms with Crippen LogP contribution in [0.15, 0.2) is 78.9 Å². The van der Waals surface area contributed by atoms with E-state index in [9.17, 15) is 27.6 Å². The van der Waals surface area contributed by atoms with Crippen molar-refractivity contribution in [1.29, 1.82) is 0 Å². The van der Waals surface area contributed by atoms with Crippen LogP contribution in [0.2, 0.25) is 0 Å². The molecule has 3 aromatic carbocycles. The molecular weight excluding hydrogens is 559 g/mol. The summed E-state index contributed by atoms with van der Waals surface area (Å²) in [5, 5.41) is 2.46. The third kappa shape index (κ3) is 8.01. The van der Waals surface area contributed by atoms with Crippen LogP contribution in [-0.2, 0) is 22.3 Å². The minimum Gasteiger partial charge on any atom is -0.457 e. The molecule has 1 N–H and O–H groups in total. The molecule has 10 heteroatoms. The van der Waals surface area contributed by atoms with Crippen LogP contribution >= 0.6 is 0 Å². The number of carbonyl (C=O) groups is 3. The summed E-state index contributed by atoms with van der Waals surface area (Å²) in [6.45, 7) is 3.44. The second-order valence-electron chi connectivity index (χ2n) is 11.2. The fourth-order valence-corrected chi connectivity index (χ4v) is 5.76. The van der Waals surface area contributed by atoms with Gasteiger partial charge in [-0.15, -0.1) is 0 Å². The summed E-state index contributed by atoms with van der Waals surface area (Å²) < 4.78 is 44.2. The summed E-state index contributed by atoms with van der Waals surface area (Å²) in [6, 6.07) is 21.5. The number of nitrogens with zero attached hydrogens (tertiary/aromatic N) is 2. The van der Waals surface area contributed by atoms with E-state index in [2.05, 4.69) is 15.1 Å². The van der Waals surface area contributed by atoms with Crippen molar-refractivity contribution in [3.05, 3.63) is 101 Å². The monoisotopic (exact) mass is 593 g/mol. The van der Waals surface area contributed by atoms with Gasteiger partial charge in [0.1, 0.15) is 6.61 Å². The largest absolute Gasteiger partial charge is 0.457 e. The topological polar surface area (TPSA) is 79.0 Å². The molecule has 0 radical (unpaired) electrons. The van der Waals surface area contributed by atoms with Gasteiger partial charge in [0.05, 0.1) is 17.7 Å². The van der Waals surface area contributed by atoms with Gasteiger partial charge in [-0.2, -0.15) is 13.2 Å². The van der Waals surface area contributed by atoms with Crippen molar-refractivity contribution < 1.29 is 32.3 Å². The number of benzene rings is 3. The van der Waals surface area contributed by atoms with Crippen LogP contribution in [0.5, 0.6) is 0 Å². The molecule has 2 fully saturated rings. The van der Waals surface area contributed by atoms with Crippen LogP contribution in [-0.4, -0.2) is 61.3 Å². The summed E-state index contributed by atoms with van der Waals surface area (Å²) in [5.74, 6) is -1.02. The second kappa shape index (κ2) is 13.4. The summed E-state index contributed by atoms with van der Waals surface area (Å²) in [4.78, 5) is 42.0. The number of carbonyl (C=O) groups excluding carboxylic acids is 3. The van der Waals surface area contributed by atoms with Gasteiger partial charge in [-0.05, 0) is 73.3 Å². The Balaban J connectivity index is 1.04. The van der Waals surface area contributed by atoms with Crippen LogP contribution in [0.25, 0.3) is 0 Å². The molecule has 2 saturated heterocycles. The van der Waals surface area contributed by atoms with Crippen LogP contribution in [0.1, 0.15) is 51.1 Å². The Morgan fingerprint density at radius 3 is 2.37 bits per heavy atom. The fourth-order valence-electron chi connectivity index (χ4n) is 5.76. The molecule has 43 heavy (non-hydrogen) atoms. The van der Waals surface area contributed by atoms with Gasteiger partial charge in [-0.25, -0.2) is 4.79 Å². The van der Waals surface area contributed by atoms with E-state index < -0.39 is 17.6 Å². The summed E-state index contributed by atoms with van der Waals surface area (Å²) >= 11 is 0. The quantitative estimate of drug-likeness (QED) is 0.320. The molecule has 226 valence electrons. The number of halogens is 3. The van der Waals surface area contributed by atoms with E-state index in [0.29, 0.717) is 18.0 Å². The number of esters is 1. The minimum absolute atomic E-state index is 0.127. The van der Waals surface area contributed by atoms with Crippen molar-refractivity contribution in [2.24, 2.45) is 5.92 Å². The first-order valence-electron chi connectivity index (χ1n) is 14.4. The molecule has 0 aromatic heterocycles. The summed E-state index contributed by atoms with van der Waals surface area (Å²) in [7, 11) is 0. The number of amides is 1. The van der Waals surface area contributed by atoms with Crippen LogP contribution in [0.4, 0.5) is 18.9 Å². The molecule has 0 saturated carbocycles. The van der Waals surface area contributed by atoms with E-state index in [4.69, 9.17) is 4.74 Å². The molecule has 2 atom stereocenters. The van der Waals surface area contributed by atoms with Gasteiger partial charge < -0.3 is 15.0 Å². The number of anilines is 1. The minimum atomic E-state index is -4.54. The zero-order chi connectivity index (χ0) is 30.4. The van der Waals surface area contributed by atoms with E-state index in [1.807, 2.05) is 42.5 Å². The normalized spacial score (nSPS) is 18.9. The van der Waals surface area contributed by atoms with E-state index in [1.54, 1.807) is 12.1 Å². The fraction of sp³-hybridized carbons (Fsp3) is 0.364. The SMILES string of the molecule is O=C(CNC(=O)c1cccc(C(F)(F)F)c1)C[C@@H]1CCN(C2CCN(c3ccc(C(=O)OCc4ccccc4)cc3)C2)C1. The van der Waals surface area contributed by atoms with Gasteiger partial charge in [0.2, 0.25) is 0 Å². The average molecular weight is 594 g/mol. The number of likely N-dealkylation sites (tertiary alicyclic amines) is 1. The Morgan fingerprint density at radius 2 is 1.63 bits per heavy atom. The molecule has 3 aromatic rings. The third-order valence-electron chi connectivity index (χ3n) is 8.09. The predicted molar refractivity (Wildman–Crippen MR) is 156 cm³/mol. The molecule has 1 amide bonds. The molecule has 0 spiro atoms. The number of ether oxygens (including phenoxy) is 1. The zero-order valence-electron chi connectivity index (χ0n) is 23.7. The Hall–Kier alpha value is -4.18. The highest BCUT2D eigenvalue weighted by atomic mass is 19.4. The number of hydrogen-bond acceptors (Lipinski definition) is 6. The highest BCUT2D eigenvalue weighted by Crippen LogP contribution is 2.30. The zero-order valence-corrected chi connectivity index (χ0v) is 23.7. The maximum atomic E-state index is 12.9. The van der Waals surface area contributed by atoms with E-state index in [1.165, 1.54) is 12.1 Å². The Kier molecular flexibility index (Phi) is 9.45.